The van der Waals surface area contributed by atoms with Crippen LogP contribution in [0.1, 0.15) is 31.5 Å². The number of imidazole rings is 1. The zero-order chi connectivity index (χ0) is 12.3. The van der Waals surface area contributed by atoms with E-state index in [0.717, 1.165) is 31.5 Å². The van der Waals surface area contributed by atoms with Crippen molar-refractivity contribution in [2.45, 2.75) is 38.4 Å². The maximum absolute atomic E-state index is 10.8. The summed E-state index contributed by atoms with van der Waals surface area (Å²) in [5.74, 6) is 0.0564. The quantitative estimate of drug-likeness (QED) is 0.865. The number of nitrogens with zero attached hydrogens (tertiary/aromatic N) is 2. The van der Waals surface area contributed by atoms with E-state index in [9.17, 15) is 4.79 Å². The Kier molecular flexibility index (Phi) is 3.78. The summed E-state index contributed by atoms with van der Waals surface area (Å²) >= 11 is 0. The van der Waals surface area contributed by atoms with Crippen molar-refractivity contribution >= 4 is 5.97 Å². The van der Waals surface area contributed by atoms with Crippen molar-refractivity contribution in [3.8, 4) is 0 Å². The van der Waals surface area contributed by atoms with Gasteiger partial charge >= 0.3 is 5.97 Å². The predicted molar refractivity (Wildman–Crippen MR) is 61.4 cm³/mol. The number of hydrogen-bond donors (Lipinski definition) is 1. The van der Waals surface area contributed by atoms with Crippen LogP contribution in [0.15, 0.2) is 12.4 Å². The second-order valence-corrected chi connectivity index (χ2v) is 4.58. The fourth-order valence-electron chi connectivity index (χ4n) is 2.20. The van der Waals surface area contributed by atoms with E-state index in [1.165, 1.54) is 0 Å². The van der Waals surface area contributed by atoms with Gasteiger partial charge in [-0.25, -0.2) is 4.98 Å². The first-order valence-electron chi connectivity index (χ1n) is 5.97. The average Bonchev–Trinajstić information content (AvgIpc) is 2.73. The van der Waals surface area contributed by atoms with Gasteiger partial charge in [-0.2, -0.15) is 0 Å². The van der Waals surface area contributed by atoms with Crippen LogP contribution >= 0.6 is 0 Å². The van der Waals surface area contributed by atoms with Gasteiger partial charge in [0, 0.05) is 19.4 Å². The SMILES string of the molecule is Cn1ccnc1COC1CCC(C(=O)O)CC1. The van der Waals surface area contributed by atoms with Gasteiger partial charge in [-0.3, -0.25) is 4.79 Å². The molecule has 1 aromatic heterocycles. The van der Waals surface area contributed by atoms with Gasteiger partial charge in [-0.05, 0) is 25.7 Å². The third-order valence-corrected chi connectivity index (χ3v) is 3.39. The summed E-state index contributed by atoms with van der Waals surface area (Å²) in [6.07, 6.45) is 6.94. The predicted octanol–water partition coefficient (Wildman–Crippen LogP) is 1.58. The van der Waals surface area contributed by atoms with Gasteiger partial charge in [0.25, 0.3) is 0 Å². The molecule has 0 radical (unpaired) electrons. The first kappa shape index (κ1) is 12.1. The molecule has 0 unspecified atom stereocenters. The van der Waals surface area contributed by atoms with Crippen molar-refractivity contribution in [2.75, 3.05) is 0 Å². The smallest absolute Gasteiger partial charge is 0.306 e. The van der Waals surface area contributed by atoms with Gasteiger partial charge < -0.3 is 14.4 Å². The second kappa shape index (κ2) is 5.31. The number of ether oxygens (including phenoxy) is 1. The first-order valence-corrected chi connectivity index (χ1v) is 5.97. The Bertz CT molecular complexity index is 381. The summed E-state index contributed by atoms with van der Waals surface area (Å²) in [5.41, 5.74) is 0. The zero-order valence-corrected chi connectivity index (χ0v) is 10.0. The molecule has 1 heterocycles. The summed E-state index contributed by atoms with van der Waals surface area (Å²) in [7, 11) is 1.94. The number of aromatic nitrogens is 2. The van der Waals surface area contributed by atoms with Gasteiger partial charge in [0.2, 0.25) is 0 Å². The van der Waals surface area contributed by atoms with Crippen molar-refractivity contribution in [2.24, 2.45) is 13.0 Å². The Morgan fingerprint density at radius 1 is 1.53 bits per heavy atom. The molecule has 94 valence electrons. The molecule has 5 nitrogen and oxygen atoms in total. The van der Waals surface area contributed by atoms with Crippen LogP contribution in [0.4, 0.5) is 0 Å². The number of rotatable bonds is 4. The minimum absolute atomic E-state index is 0.178. The Balaban J connectivity index is 1.75. The zero-order valence-electron chi connectivity index (χ0n) is 10.0. The first-order chi connectivity index (χ1) is 8.16. The molecule has 0 amide bonds. The molecular weight excluding hydrogens is 220 g/mol. The van der Waals surface area contributed by atoms with E-state index in [0.29, 0.717) is 6.61 Å². The van der Waals surface area contributed by atoms with Gasteiger partial charge in [0.15, 0.2) is 0 Å². The number of carbonyl (C=O) groups is 1. The van der Waals surface area contributed by atoms with Gasteiger partial charge in [0.05, 0.1) is 12.0 Å². The highest BCUT2D eigenvalue weighted by molar-refractivity contribution is 5.70. The van der Waals surface area contributed by atoms with E-state index in [1.54, 1.807) is 6.20 Å². The highest BCUT2D eigenvalue weighted by atomic mass is 16.5. The van der Waals surface area contributed by atoms with E-state index < -0.39 is 5.97 Å². The molecule has 0 saturated heterocycles. The molecule has 0 spiro atoms. The third-order valence-electron chi connectivity index (χ3n) is 3.39. The monoisotopic (exact) mass is 238 g/mol. The van der Waals surface area contributed by atoms with E-state index in [1.807, 2.05) is 17.8 Å². The number of carboxylic acids is 1. The Morgan fingerprint density at radius 3 is 2.76 bits per heavy atom. The highest BCUT2D eigenvalue weighted by Gasteiger charge is 2.26. The molecule has 1 aliphatic rings. The average molecular weight is 238 g/mol. The van der Waals surface area contributed by atoms with Crippen LogP contribution in [-0.4, -0.2) is 26.7 Å². The summed E-state index contributed by atoms with van der Waals surface area (Å²) in [5, 5.41) is 8.89. The van der Waals surface area contributed by atoms with E-state index in [-0.39, 0.29) is 12.0 Å². The molecule has 2 rings (SSSR count). The molecule has 5 heteroatoms. The van der Waals surface area contributed by atoms with Gasteiger partial charge in [-0.1, -0.05) is 0 Å². The van der Waals surface area contributed by atoms with Crippen LogP contribution < -0.4 is 0 Å². The summed E-state index contributed by atoms with van der Waals surface area (Å²) in [6.45, 7) is 0.506. The molecule has 0 bridgehead atoms. The van der Waals surface area contributed by atoms with Crippen LogP contribution in [-0.2, 0) is 23.2 Å². The van der Waals surface area contributed by atoms with Gasteiger partial charge in [-0.15, -0.1) is 0 Å². The normalized spacial score (nSPS) is 24.8. The molecule has 1 aliphatic carbocycles. The van der Waals surface area contributed by atoms with Crippen molar-refractivity contribution in [3.63, 3.8) is 0 Å². The molecule has 1 N–H and O–H groups in total. The molecule has 1 fully saturated rings. The lowest BCUT2D eigenvalue weighted by molar-refractivity contribution is -0.143. The maximum Gasteiger partial charge on any atom is 0.306 e. The molecule has 0 aliphatic heterocycles. The lowest BCUT2D eigenvalue weighted by atomic mass is 9.87. The van der Waals surface area contributed by atoms with E-state index >= 15 is 0 Å². The minimum atomic E-state index is -0.674. The Hall–Kier alpha value is -1.36. The number of carboxylic acid groups (broad SMARTS) is 1. The van der Waals surface area contributed by atoms with Crippen LogP contribution in [0.5, 0.6) is 0 Å². The Labute approximate surface area is 100 Å². The van der Waals surface area contributed by atoms with Crippen LogP contribution in [0.25, 0.3) is 0 Å². The standard InChI is InChI=1S/C12H18N2O3/c1-14-7-6-13-11(14)8-17-10-4-2-9(3-5-10)12(15)16/h6-7,9-10H,2-5,8H2,1H3,(H,15,16). The van der Waals surface area contributed by atoms with Crippen LogP contribution in [0, 0.1) is 5.92 Å². The van der Waals surface area contributed by atoms with Crippen molar-refractivity contribution in [3.05, 3.63) is 18.2 Å². The topological polar surface area (TPSA) is 64.4 Å². The summed E-state index contributed by atoms with van der Waals surface area (Å²) < 4.78 is 7.69. The van der Waals surface area contributed by atoms with Crippen LogP contribution in [0.3, 0.4) is 0 Å². The fraction of sp³-hybridized carbons (Fsp3) is 0.667. The lowest BCUT2D eigenvalue weighted by Crippen LogP contribution is -2.26. The number of aliphatic carboxylic acids is 1. The van der Waals surface area contributed by atoms with Crippen molar-refractivity contribution in [1.82, 2.24) is 9.55 Å². The van der Waals surface area contributed by atoms with E-state index in [4.69, 9.17) is 9.84 Å². The molecule has 17 heavy (non-hydrogen) atoms. The fourth-order valence-corrected chi connectivity index (χ4v) is 2.20. The Morgan fingerprint density at radius 2 is 2.24 bits per heavy atom. The maximum atomic E-state index is 10.8. The van der Waals surface area contributed by atoms with E-state index in [2.05, 4.69) is 4.98 Å². The minimum Gasteiger partial charge on any atom is -0.481 e. The summed E-state index contributed by atoms with van der Waals surface area (Å²) in [4.78, 5) is 15.0. The molecule has 0 atom stereocenters. The molecular formula is C12H18N2O3. The second-order valence-electron chi connectivity index (χ2n) is 4.58. The lowest BCUT2D eigenvalue weighted by Gasteiger charge is -2.26. The third kappa shape index (κ3) is 3.06. The molecule has 0 aromatic carbocycles. The summed E-state index contributed by atoms with van der Waals surface area (Å²) in [6, 6.07) is 0. The number of hydrogen-bond acceptors (Lipinski definition) is 3. The largest absolute Gasteiger partial charge is 0.481 e. The van der Waals surface area contributed by atoms with Crippen molar-refractivity contribution < 1.29 is 14.6 Å². The van der Waals surface area contributed by atoms with Gasteiger partial charge in [0.1, 0.15) is 12.4 Å². The van der Waals surface area contributed by atoms with Crippen molar-refractivity contribution in [1.29, 1.82) is 0 Å². The highest BCUT2D eigenvalue weighted by Crippen LogP contribution is 2.26. The molecule has 1 saturated carbocycles. The molecule has 1 aromatic rings. The van der Waals surface area contributed by atoms with Crippen LogP contribution in [0.2, 0.25) is 0 Å². The number of aryl methyl sites for hydroxylation is 1.